The number of fused-ring (bicyclic) bond motifs is 1. The molecule has 6 nitrogen and oxygen atoms in total. The molecule has 7 heteroatoms. The first-order chi connectivity index (χ1) is 13.8. The lowest BCUT2D eigenvalue weighted by molar-refractivity contribution is -0.148. The summed E-state index contributed by atoms with van der Waals surface area (Å²) in [6.07, 6.45) is -0.193. The van der Waals surface area contributed by atoms with Crippen LogP contribution in [0.3, 0.4) is 0 Å². The van der Waals surface area contributed by atoms with E-state index in [1.165, 1.54) is 11.8 Å². The fourth-order valence-corrected chi connectivity index (χ4v) is 3.94. The number of thioether (sulfide) groups is 1. The van der Waals surface area contributed by atoms with Gasteiger partial charge in [-0.3, -0.25) is 14.4 Å². The van der Waals surface area contributed by atoms with E-state index in [0.29, 0.717) is 11.3 Å². The van der Waals surface area contributed by atoms with Crippen molar-refractivity contribution in [3.63, 3.8) is 0 Å². The molecule has 0 bridgehead atoms. The van der Waals surface area contributed by atoms with Crippen molar-refractivity contribution < 1.29 is 19.1 Å². The summed E-state index contributed by atoms with van der Waals surface area (Å²) in [5, 5.41) is 5.58. The molecule has 2 N–H and O–H groups in total. The zero-order valence-electron chi connectivity index (χ0n) is 16.6. The Balaban J connectivity index is 1.78. The Morgan fingerprint density at radius 1 is 1.17 bits per heavy atom. The van der Waals surface area contributed by atoms with Crippen LogP contribution in [0.5, 0.6) is 0 Å². The number of anilines is 1. The molecule has 2 amide bonds. The van der Waals surface area contributed by atoms with Crippen LogP contribution >= 0.6 is 11.8 Å². The molecule has 2 aromatic rings. The van der Waals surface area contributed by atoms with Crippen molar-refractivity contribution in [2.24, 2.45) is 0 Å². The molecule has 1 aliphatic rings. The van der Waals surface area contributed by atoms with Crippen molar-refractivity contribution in [3.8, 4) is 0 Å². The highest BCUT2D eigenvalue weighted by atomic mass is 32.2. The van der Waals surface area contributed by atoms with Gasteiger partial charge >= 0.3 is 5.97 Å². The van der Waals surface area contributed by atoms with Crippen LogP contribution in [0.15, 0.2) is 53.4 Å². The molecule has 2 atom stereocenters. The Kier molecular flexibility index (Phi) is 6.59. The summed E-state index contributed by atoms with van der Waals surface area (Å²) in [7, 11) is 0. The number of esters is 1. The SMILES string of the molecule is CC(C)OC(=O)CC(NC(=O)c1ccc2c(c1)NC(=O)C(C)S2)c1ccccc1. The normalized spacial score (nSPS) is 16.6. The van der Waals surface area contributed by atoms with Crippen molar-refractivity contribution in [3.05, 3.63) is 59.7 Å². The average molecular weight is 413 g/mol. The van der Waals surface area contributed by atoms with Gasteiger partial charge in [0.2, 0.25) is 5.91 Å². The van der Waals surface area contributed by atoms with Gasteiger partial charge in [0.25, 0.3) is 5.91 Å². The minimum absolute atomic E-state index is 0.0307. The Bertz CT molecular complexity index is 914. The Morgan fingerprint density at radius 3 is 2.59 bits per heavy atom. The molecule has 29 heavy (non-hydrogen) atoms. The summed E-state index contributed by atoms with van der Waals surface area (Å²) in [5.74, 6) is -0.784. The third-order valence-corrected chi connectivity index (χ3v) is 5.60. The molecule has 3 rings (SSSR count). The van der Waals surface area contributed by atoms with Gasteiger partial charge in [-0.25, -0.2) is 0 Å². The fraction of sp³-hybridized carbons (Fsp3) is 0.318. The zero-order valence-corrected chi connectivity index (χ0v) is 17.4. The van der Waals surface area contributed by atoms with E-state index in [-0.39, 0.29) is 35.6 Å². The van der Waals surface area contributed by atoms with Gasteiger partial charge in [-0.2, -0.15) is 0 Å². The first kappa shape index (κ1) is 20.9. The lowest BCUT2D eigenvalue weighted by atomic mass is 10.0. The first-order valence-electron chi connectivity index (χ1n) is 9.50. The van der Waals surface area contributed by atoms with E-state index in [2.05, 4.69) is 10.6 Å². The van der Waals surface area contributed by atoms with Gasteiger partial charge in [0, 0.05) is 10.5 Å². The highest BCUT2D eigenvalue weighted by molar-refractivity contribution is 8.00. The molecule has 0 saturated carbocycles. The second-order valence-corrected chi connectivity index (χ2v) is 8.52. The Morgan fingerprint density at radius 2 is 1.90 bits per heavy atom. The van der Waals surface area contributed by atoms with Crippen molar-refractivity contribution in [1.29, 1.82) is 0 Å². The van der Waals surface area contributed by atoms with E-state index < -0.39 is 6.04 Å². The third-order valence-electron chi connectivity index (χ3n) is 4.42. The summed E-state index contributed by atoms with van der Waals surface area (Å²) >= 11 is 1.46. The van der Waals surface area contributed by atoms with Gasteiger partial charge in [-0.05, 0) is 44.5 Å². The molecule has 2 unspecified atom stereocenters. The summed E-state index contributed by atoms with van der Waals surface area (Å²) in [6.45, 7) is 5.41. The standard InChI is InChI=1S/C22H24N2O4S/c1-13(2)28-20(25)12-17(15-7-5-4-6-8-15)23-22(27)16-9-10-19-18(11-16)24-21(26)14(3)29-19/h4-11,13-14,17H,12H2,1-3H3,(H,23,27)(H,24,26). The van der Waals surface area contributed by atoms with Gasteiger partial charge in [-0.1, -0.05) is 30.3 Å². The number of ether oxygens (including phenoxy) is 1. The quantitative estimate of drug-likeness (QED) is 0.702. The van der Waals surface area contributed by atoms with E-state index in [9.17, 15) is 14.4 Å². The number of hydrogen-bond acceptors (Lipinski definition) is 5. The Hall–Kier alpha value is -2.80. The molecule has 0 aliphatic carbocycles. The summed E-state index contributed by atoms with van der Waals surface area (Å²) < 4.78 is 5.25. The molecule has 1 aliphatic heterocycles. The van der Waals surface area contributed by atoms with E-state index in [4.69, 9.17) is 4.74 Å². The molecular formula is C22H24N2O4S. The zero-order chi connectivity index (χ0) is 21.0. The highest BCUT2D eigenvalue weighted by Gasteiger charge is 2.25. The third kappa shape index (κ3) is 5.38. The predicted octanol–water partition coefficient (Wildman–Crippen LogP) is 3.93. The maximum absolute atomic E-state index is 12.9. The average Bonchev–Trinajstić information content (AvgIpc) is 2.68. The summed E-state index contributed by atoms with van der Waals surface area (Å²) in [6, 6.07) is 14.0. The van der Waals surface area contributed by atoms with Gasteiger partial charge in [0.1, 0.15) is 0 Å². The number of hydrogen-bond donors (Lipinski definition) is 2. The molecule has 152 valence electrons. The first-order valence-corrected chi connectivity index (χ1v) is 10.4. The molecule has 0 radical (unpaired) electrons. The van der Waals surface area contributed by atoms with Gasteiger partial charge < -0.3 is 15.4 Å². The van der Waals surface area contributed by atoms with Gasteiger partial charge in [-0.15, -0.1) is 11.8 Å². The highest BCUT2D eigenvalue weighted by Crippen LogP contribution is 2.36. The maximum atomic E-state index is 12.9. The van der Waals surface area contributed by atoms with Crippen molar-refractivity contribution >= 4 is 35.2 Å². The second-order valence-electron chi connectivity index (χ2n) is 7.14. The van der Waals surface area contributed by atoms with Crippen molar-refractivity contribution in [2.75, 3.05) is 5.32 Å². The molecular weight excluding hydrogens is 388 g/mol. The minimum atomic E-state index is -0.519. The molecule has 0 fully saturated rings. The van der Waals surface area contributed by atoms with E-state index in [1.807, 2.05) is 43.3 Å². The number of carbonyl (C=O) groups excluding carboxylic acids is 3. The second kappa shape index (κ2) is 9.13. The van der Waals surface area contributed by atoms with E-state index in [1.54, 1.807) is 26.0 Å². The van der Waals surface area contributed by atoms with Crippen LogP contribution in [0, 0.1) is 0 Å². The van der Waals surface area contributed by atoms with Gasteiger partial charge in [0.05, 0.1) is 29.5 Å². The number of nitrogens with one attached hydrogen (secondary N) is 2. The summed E-state index contributed by atoms with van der Waals surface area (Å²) in [5.41, 5.74) is 1.86. The predicted molar refractivity (Wildman–Crippen MR) is 113 cm³/mol. The fourth-order valence-electron chi connectivity index (χ4n) is 3.01. The van der Waals surface area contributed by atoms with E-state index in [0.717, 1.165) is 10.5 Å². The number of amides is 2. The molecule has 0 aromatic heterocycles. The van der Waals surface area contributed by atoms with Crippen LogP contribution in [0.25, 0.3) is 0 Å². The van der Waals surface area contributed by atoms with Crippen LogP contribution in [0.2, 0.25) is 0 Å². The summed E-state index contributed by atoms with van der Waals surface area (Å²) in [4.78, 5) is 37.9. The minimum Gasteiger partial charge on any atom is -0.463 e. The molecule has 0 saturated heterocycles. The lowest BCUT2D eigenvalue weighted by Gasteiger charge is -2.23. The van der Waals surface area contributed by atoms with Crippen LogP contribution in [-0.4, -0.2) is 29.1 Å². The molecule has 2 aromatic carbocycles. The largest absolute Gasteiger partial charge is 0.463 e. The monoisotopic (exact) mass is 412 g/mol. The van der Waals surface area contributed by atoms with Crippen LogP contribution in [0.4, 0.5) is 5.69 Å². The Labute approximate surface area is 174 Å². The van der Waals surface area contributed by atoms with Crippen molar-refractivity contribution in [2.45, 2.75) is 49.5 Å². The molecule has 0 spiro atoms. The number of benzene rings is 2. The number of carbonyl (C=O) groups is 3. The van der Waals surface area contributed by atoms with Crippen LogP contribution < -0.4 is 10.6 Å². The van der Waals surface area contributed by atoms with Gasteiger partial charge in [0.15, 0.2) is 0 Å². The topological polar surface area (TPSA) is 84.5 Å². The number of rotatable bonds is 6. The maximum Gasteiger partial charge on any atom is 0.308 e. The van der Waals surface area contributed by atoms with Crippen LogP contribution in [0.1, 0.15) is 49.2 Å². The smallest absolute Gasteiger partial charge is 0.308 e. The van der Waals surface area contributed by atoms with Crippen LogP contribution in [-0.2, 0) is 14.3 Å². The lowest BCUT2D eigenvalue weighted by Crippen LogP contribution is -2.31. The van der Waals surface area contributed by atoms with Crippen molar-refractivity contribution in [1.82, 2.24) is 5.32 Å². The molecule has 1 heterocycles. The van der Waals surface area contributed by atoms with E-state index >= 15 is 0 Å².